The van der Waals surface area contributed by atoms with E-state index < -0.39 is 0 Å². The lowest BCUT2D eigenvalue weighted by Gasteiger charge is -2.41. The minimum absolute atomic E-state index is 0.0383. The van der Waals surface area contributed by atoms with Crippen LogP contribution in [0.15, 0.2) is 18.2 Å². The average Bonchev–Trinajstić information content (AvgIpc) is 3.24. The molecule has 3 heterocycles. The van der Waals surface area contributed by atoms with E-state index in [-0.39, 0.29) is 24.0 Å². The maximum absolute atomic E-state index is 12.4. The fraction of sp³-hybridized carbons (Fsp3) is 0.600. The van der Waals surface area contributed by atoms with Gasteiger partial charge < -0.3 is 19.3 Å². The lowest BCUT2D eigenvalue weighted by atomic mass is 9.76. The number of hydrogen-bond acceptors (Lipinski definition) is 4. The van der Waals surface area contributed by atoms with Crippen molar-refractivity contribution in [1.29, 1.82) is 0 Å². The second kappa shape index (κ2) is 6.82. The maximum atomic E-state index is 12.4. The lowest BCUT2D eigenvalue weighted by Crippen LogP contribution is -2.48. The van der Waals surface area contributed by atoms with E-state index in [1.807, 2.05) is 15.9 Å². The molecule has 2 amide bonds. The highest BCUT2D eigenvalue weighted by molar-refractivity contribution is 5.79. The van der Waals surface area contributed by atoms with Crippen molar-refractivity contribution in [2.75, 3.05) is 33.0 Å². The molecule has 0 aromatic heterocycles. The molecular weight excluding hydrogens is 332 g/mol. The molecule has 2 saturated heterocycles. The van der Waals surface area contributed by atoms with E-state index in [0.717, 1.165) is 43.9 Å². The fourth-order valence-electron chi connectivity index (χ4n) is 4.27. The van der Waals surface area contributed by atoms with Gasteiger partial charge >= 0.3 is 0 Å². The predicted octanol–water partition coefficient (Wildman–Crippen LogP) is 2.21. The third kappa shape index (κ3) is 3.50. The number of benzene rings is 1. The SMILES string of the molecule is C[C@@]1(Cc2ccc3c(c2)OCO3)CCC(=O)N(CCN2CCCC2=O)C1. The quantitative estimate of drug-likeness (QED) is 0.810. The Bertz CT molecular complexity index is 720. The number of carbonyl (C=O) groups is 2. The summed E-state index contributed by atoms with van der Waals surface area (Å²) in [4.78, 5) is 28.0. The molecule has 0 bridgehead atoms. The molecule has 1 atom stereocenters. The van der Waals surface area contributed by atoms with Crippen LogP contribution in [0.1, 0.15) is 38.2 Å². The largest absolute Gasteiger partial charge is 0.454 e. The fourth-order valence-corrected chi connectivity index (χ4v) is 4.27. The summed E-state index contributed by atoms with van der Waals surface area (Å²) in [7, 11) is 0. The highest BCUT2D eigenvalue weighted by Gasteiger charge is 2.35. The van der Waals surface area contributed by atoms with Crippen molar-refractivity contribution in [3.05, 3.63) is 23.8 Å². The Morgan fingerprint density at radius 3 is 2.62 bits per heavy atom. The lowest BCUT2D eigenvalue weighted by molar-refractivity contribution is -0.138. The van der Waals surface area contributed by atoms with E-state index >= 15 is 0 Å². The van der Waals surface area contributed by atoms with Crippen molar-refractivity contribution in [1.82, 2.24) is 9.80 Å². The van der Waals surface area contributed by atoms with Gasteiger partial charge in [0.15, 0.2) is 11.5 Å². The van der Waals surface area contributed by atoms with Crippen LogP contribution in [0.4, 0.5) is 0 Å². The van der Waals surface area contributed by atoms with E-state index in [1.54, 1.807) is 0 Å². The van der Waals surface area contributed by atoms with Crippen LogP contribution in [-0.4, -0.2) is 54.6 Å². The Balaban J connectivity index is 1.39. The molecule has 2 fully saturated rings. The first-order valence-electron chi connectivity index (χ1n) is 9.47. The zero-order chi connectivity index (χ0) is 18.1. The Morgan fingerprint density at radius 2 is 1.81 bits per heavy atom. The predicted molar refractivity (Wildman–Crippen MR) is 96.0 cm³/mol. The van der Waals surface area contributed by atoms with Crippen molar-refractivity contribution in [3.63, 3.8) is 0 Å². The molecular formula is C20H26N2O4. The summed E-state index contributed by atoms with van der Waals surface area (Å²) in [6.45, 7) is 5.40. The van der Waals surface area contributed by atoms with Crippen molar-refractivity contribution in [2.45, 2.75) is 39.0 Å². The molecule has 0 unspecified atom stereocenters. The second-order valence-electron chi connectivity index (χ2n) is 7.97. The molecule has 0 radical (unpaired) electrons. The van der Waals surface area contributed by atoms with Gasteiger partial charge in [0.1, 0.15) is 0 Å². The van der Waals surface area contributed by atoms with E-state index in [1.165, 1.54) is 5.56 Å². The van der Waals surface area contributed by atoms with E-state index in [9.17, 15) is 9.59 Å². The summed E-state index contributed by atoms with van der Waals surface area (Å²) in [5.41, 5.74) is 1.25. The first-order valence-corrected chi connectivity index (χ1v) is 9.47. The first-order chi connectivity index (χ1) is 12.5. The average molecular weight is 358 g/mol. The number of fused-ring (bicyclic) bond motifs is 1. The van der Waals surface area contributed by atoms with Crippen LogP contribution in [0.2, 0.25) is 0 Å². The van der Waals surface area contributed by atoms with Crippen LogP contribution in [0, 0.1) is 5.41 Å². The van der Waals surface area contributed by atoms with Crippen molar-refractivity contribution >= 4 is 11.8 Å². The van der Waals surface area contributed by atoms with Crippen molar-refractivity contribution < 1.29 is 19.1 Å². The number of carbonyl (C=O) groups excluding carboxylic acids is 2. The number of hydrogen-bond donors (Lipinski definition) is 0. The van der Waals surface area contributed by atoms with Gasteiger partial charge in [0, 0.05) is 39.0 Å². The molecule has 4 rings (SSSR count). The first kappa shape index (κ1) is 17.2. The molecule has 140 valence electrons. The van der Waals surface area contributed by atoms with Gasteiger partial charge in [0.2, 0.25) is 18.6 Å². The highest BCUT2D eigenvalue weighted by atomic mass is 16.7. The summed E-state index contributed by atoms with van der Waals surface area (Å²) >= 11 is 0. The number of ether oxygens (including phenoxy) is 2. The van der Waals surface area contributed by atoms with Gasteiger partial charge in [-0.1, -0.05) is 13.0 Å². The summed E-state index contributed by atoms with van der Waals surface area (Å²) in [5, 5.41) is 0. The molecule has 0 spiro atoms. The summed E-state index contributed by atoms with van der Waals surface area (Å²) in [6, 6.07) is 6.10. The Labute approximate surface area is 154 Å². The van der Waals surface area contributed by atoms with Crippen LogP contribution < -0.4 is 9.47 Å². The molecule has 3 aliphatic heterocycles. The molecule has 3 aliphatic rings. The minimum atomic E-state index is 0.0383. The van der Waals surface area contributed by atoms with Gasteiger partial charge in [-0.3, -0.25) is 9.59 Å². The Morgan fingerprint density at radius 1 is 1.04 bits per heavy atom. The molecule has 0 N–H and O–H groups in total. The minimum Gasteiger partial charge on any atom is -0.454 e. The standard InChI is InChI=1S/C20H26N2O4/c1-20(12-15-4-5-16-17(11-15)26-14-25-16)7-6-19(24)22(13-20)10-9-21-8-2-3-18(21)23/h4-5,11H,2-3,6-10,12-14H2,1H3/t20-/m0/s1. The number of rotatable bonds is 5. The van der Waals surface area contributed by atoms with Crippen LogP contribution >= 0.6 is 0 Å². The monoisotopic (exact) mass is 358 g/mol. The van der Waals surface area contributed by atoms with Gasteiger partial charge in [-0.15, -0.1) is 0 Å². The number of piperidine rings is 1. The third-order valence-corrected chi connectivity index (χ3v) is 5.75. The highest BCUT2D eigenvalue weighted by Crippen LogP contribution is 2.37. The summed E-state index contributed by atoms with van der Waals surface area (Å²) in [6.07, 6.45) is 3.95. The topological polar surface area (TPSA) is 59.1 Å². The van der Waals surface area contributed by atoms with Crippen molar-refractivity contribution in [2.24, 2.45) is 5.41 Å². The van der Waals surface area contributed by atoms with E-state index in [4.69, 9.17) is 9.47 Å². The normalized spacial score (nSPS) is 25.3. The number of nitrogens with zero attached hydrogens (tertiary/aromatic N) is 2. The maximum Gasteiger partial charge on any atom is 0.231 e. The van der Waals surface area contributed by atoms with E-state index in [0.29, 0.717) is 25.9 Å². The molecule has 0 saturated carbocycles. The van der Waals surface area contributed by atoms with Crippen LogP contribution in [0.3, 0.4) is 0 Å². The van der Waals surface area contributed by atoms with Gasteiger partial charge in [0.05, 0.1) is 0 Å². The van der Waals surface area contributed by atoms with Crippen LogP contribution in [-0.2, 0) is 16.0 Å². The molecule has 1 aromatic carbocycles. The van der Waals surface area contributed by atoms with Gasteiger partial charge in [-0.2, -0.15) is 0 Å². The zero-order valence-corrected chi connectivity index (χ0v) is 15.3. The third-order valence-electron chi connectivity index (χ3n) is 5.75. The smallest absolute Gasteiger partial charge is 0.231 e. The summed E-state index contributed by atoms with van der Waals surface area (Å²) in [5.74, 6) is 2.04. The van der Waals surface area contributed by atoms with Gasteiger partial charge in [-0.25, -0.2) is 0 Å². The Hall–Kier alpha value is -2.24. The number of amides is 2. The molecule has 6 nitrogen and oxygen atoms in total. The van der Waals surface area contributed by atoms with E-state index in [2.05, 4.69) is 19.1 Å². The molecule has 1 aromatic rings. The zero-order valence-electron chi connectivity index (χ0n) is 15.3. The molecule has 6 heteroatoms. The van der Waals surface area contributed by atoms with Crippen molar-refractivity contribution in [3.8, 4) is 11.5 Å². The van der Waals surface area contributed by atoms with Gasteiger partial charge in [-0.05, 0) is 42.4 Å². The van der Waals surface area contributed by atoms with Crippen LogP contribution in [0.5, 0.6) is 11.5 Å². The second-order valence-corrected chi connectivity index (χ2v) is 7.97. The van der Waals surface area contributed by atoms with Crippen LogP contribution in [0.25, 0.3) is 0 Å². The Kier molecular flexibility index (Phi) is 4.51. The molecule has 26 heavy (non-hydrogen) atoms. The summed E-state index contributed by atoms with van der Waals surface area (Å²) < 4.78 is 10.9. The molecule has 0 aliphatic carbocycles. The number of likely N-dealkylation sites (tertiary alicyclic amines) is 2. The van der Waals surface area contributed by atoms with Gasteiger partial charge in [0.25, 0.3) is 0 Å².